The highest BCUT2D eigenvalue weighted by molar-refractivity contribution is 8.26. The fourth-order valence-electron chi connectivity index (χ4n) is 2.26. The minimum atomic E-state index is -0.422. The second kappa shape index (κ2) is 7.59. The van der Waals surface area contributed by atoms with Crippen LogP contribution < -0.4 is 10.2 Å². The minimum Gasteiger partial charge on any atom is -0.504 e. The molecule has 0 bridgehead atoms. The number of phenolic OH excluding ortho intramolecular Hbond substituents is 1. The first-order valence-electron chi connectivity index (χ1n) is 7.50. The fraction of sp³-hybridized carbons (Fsp3) is 0.0556. The highest BCUT2D eigenvalue weighted by atomic mass is 32.2. The number of hydrogen-bond donors (Lipinski definition) is 2. The molecule has 2 aromatic rings. The Morgan fingerprint density at radius 1 is 1.27 bits per heavy atom. The number of carbonyl (C=O) groups is 2. The summed E-state index contributed by atoms with van der Waals surface area (Å²) in [6.45, 7) is 0. The number of hydrazine groups is 1. The average molecular weight is 386 g/mol. The van der Waals surface area contributed by atoms with Crippen LogP contribution in [0.2, 0.25) is 0 Å². The highest BCUT2D eigenvalue weighted by Crippen LogP contribution is 2.33. The first kappa shape index (κ1) is 18.0. The third-order valence-corrected chi connectivity index (χ3v) is 4.85. The molecule has 132 valence electrons. The normalized spacial score (nSPS) is 15.4. The van der Waals surface area contributed by atoms with Crippen LogP contribution in [-0.2, 0) is 4.79 Å². The molecule has 0 aromatic heterocycles. The maximum absolute atomic E-state index is 12.6. The van der Waals surface area contributed by atoms with Gasteiger partial charge in [-0.15, -0.1) is 0 Å². The van der Waals surface area contributed by atoms with E-state index in [-0.39, 0.29) is 10.1 Å². The van der Waals surface area contributed by atoms with Gasteiger partial charge in [-0.1, -0.05) is 36.0 Å². The van der Waals surface area contributed by atoms with Crippen LogP contribution in [0.1, 0.15) is 15.9 Å². The fourth-order valence-corrected chi connectivity index (χ4v) is 3.43. The predicted octanol–water partition coefficient (Wildman–Crippen LogP) is 2.95. The molecule has 8 heteroatoms. The number of nitrogens with zero attached hydrogens (tertiary/aromatic N) is 1. The number of hydrogen-bond acceptors (Lipinski definition) is 6. The molecule has 2 aromatic carbocycles. The second-order valence-electron chi connectivity index (χ2n) is 5.26. The molecule has 6 nitrogen and oxygen atoms in total. The summed E-state index contributed by atoms with van der Waals surface area (Å²) in [6.07, 6.45) is 1.62. The molecule has 0 aliphatic carbocycles. The Hall–Kier alpha value is -2.84. The van der Waals surface area contributed by atoms with Crippen LogP contribution >= 0.6 is 24.0 Å². The Morgan fingerprint density at radius 2 is 2.00 bits per heavy atom. The standard InChI is InChI=1S/C18H14N2O4S2/c1-24-14-9-11(7-8-13(14)21)10-15-17(23)20(18(25)26-15)19-16(22)12-5-3-2-4-6-12/h2-10,21H,1H3,(H,19,22). The maximum atomic E-state index is 12.6. The molecule has 0 atom stereocenters. The van der Waals surface area contributed by atoms with Gasteiger partial charge in [-0.2, -0.15) is 5.01 Å². The molecule has 1 aliphatic rings. The molecule has 0 spiro atoms. The van der Waals surface area contributed by atoms with Crippen molar-refractivity contribution in [3.05, 3.63) is 64.6 Å². The van der Waals surface area contributed by atoms with Crippen molar-refractivity contribution in [2.45, 2.75) is 0 Å². The van der Waals surface area contributed by atoms with Crippen molar-refractivity contribution in [1.82, 2.24) is 10.4 Å². The summed E-state index contributed by atoms with van der Waals surface area (Å²) in [5.41, 5.74) is 3.61. The van der Waals surface area contributed by atoms with Crippen molar-refractivity contribution in [2.24, 2.45) is 0 Å². The van der Waals surface area contributed by atoms with E-state index in [4.69, 9.17) is 17.0 Å². The van der Waals surface area contributed by atoms with Gasteiger partial charge < -0.3 is 9.84 Å². The van der Waals surface area contributed by atoms with Crippen molar-refractivity contribution in [3.8, 4) is 11.5 Å². The van der Waals surface area contributed by atoms with Gasteiger partial charge in [0.15, 0.2) is 15.8 Å². The minimum absolute atomic E-state index is 0.00678. The van der Waals surface area contributed by atoms with Crippen LogP contribution in [0, 0.1) is 0 Å². The van der Waals surface area contributed by atoms with Crippen molar-refractivity contribution in [3.63, 3.8) is 0 Å². The van der Waals surface area contributed by atoms with E-state index < -0.39 is 11.8 Å². The quantitative estimate of drug-likeness (QED) is 0.621. The van der Waals surface area contributed by atoms with E-state index in [0.29, 0.717) is 21.8 Å². The number of methoxy groups -OCH3 is 1. The van der Waals surface area contributed by atoms with Gasteiger partial charge in [-0.05, 0) is 48.1 Å². The molecule has 26 heavy (non-hydrogen) atoms. The van der Waals surface area contributed by atoms with E-state index in [2.05, 4.69) is 5.43 Å². The molecule has 3 rings (SSSR count). The SMILES string of the molecule is COc1cc(C=C2SC(=S)N(NC(=O)c3ccccc3)C2=O)ccc1O. The molecule has 1 aliphatic heterocycles. The summed E-state index contributed by atoms with van der Waals surface area (Å²) in [7, 11) is 1.44. The van der Waals surface area contributed by atoms with Crippen molar-refractivity contribution < 1.29 is 19.4 Å². The lowest BCUT2D eigenvalue weighted by Crippen LogP contribution is -2.44. The number of carbonyl (C=O) groups excluding carboxylic acids is 2. The molecule has 1 heterocycles. The van der Waals surface area contributed by atoms with Gasteiger partial charge in [0.2, 0.25) is 0 Å². The van der Waals surface area contributed by atoms with Crippen molar-refractivity contribution >= 4 is 46.2 Å². The van der Waals surface area contributed by atoms with Gasteiger partial charge in [0.25, 0.3) is 11.8 Å². The number of rotatable bonds is 4. The second-order valence-corrected chi connectivity index (χ2v) is 6.93. The highest BCUT2D eigenvalue weighted by Gasteiger charge is 2.33. The summed E-state index contributed by atoms with van der Waals surface area (Å²) < 4.78 is 5.29. The molecule has 0 unspecified atom stereocenters. The molecule has 2 amide bonds. The Kier molecular flexibility index (Phi) is 5.24. The maximum Gasteiger partial charge on any atom is 0.285 e. The molecule has 1 saturated heterocycles. The predicted molar refractivity (Wildman–Crippen MR) is 104 cm³/mol. The summed E-state index contributed by atoms with van der Waals surface area (Å²) in [4.78, 5) is 25.2. The number of phenols is 1. The molecule has 0 radical (unpaired) electrons. The number of amides is 2. The van der Waals surface area contributed by atoms with Crippen LogP contribution in [0.25, 0.3) is 6.08 Å². The Balaban J connectivity index is 1.79. The van der Waals surface area contributed by atoms with Gasteiger partial charge in [-0.3, -0.25) is 15.0 Å². The van der Waals surface area contributed by atoms with Crippen LogP contribution in [-0.4, -0.2) is 33.4 Å². The molecule has 0 saturated carbocycles. The lowest BCUT2D eigenvalue weighted by Gasteiger charge is -2.15. The topological polar surface area (TPSA) is 78.9 Å². The number of aromatic hydroxyl groups is 1. The van der Waals surface area contributed by atoms with E-state index in [1.807, 2.05) is 0 Å². The summed E-state index contributed by atoms with van der Waals surface area (Å²) >= 11 is 6.28. The summed E-state index contributed by atoms with van der Waals surface area (Å²) in [5.74, 6) is -0.537. The average Bonchev–Trinajstić information content (AvgIpc) is 2.91. The third kappa shape index (κ3) is 3.71. The van der Waals surface area contributed by atoms with Crippen molar-refractivity contribution in [1.29, 1.82) is 0 Å². The monoisotopic (exact) mass is 386 g/mol. The zero-order valence-electron chi connectivity index (χ0n) is 13.6. The van der Waals surface area contributed by atoms with E-state index in [0.717, 1.165) is 16.8 Å². The number of thiocarbonyl (C=S) groups is 1. The molecule has 1 fully saturated rings. The lowest BCUT2D eigenvalue weighted by atomic mass is 10.2. The number of benzene rings is 2. The Labute approximate surface area is 159 Å². The van der Waals surface area contributed by atoms with E-state index in [1.54, 1.807) is 48.5 Å². The molecular weight excluding hydrogens is 372 g/mol. The van der Waals surface area contributed by atoms with Crippen molar-refractivity contribution in [2.75, 3.05) is 7.11 Å². The smallest absolute Gasteiger partial charge is 0.285 e. The Morgan fingerprint density at radius 3 is 2.69 bits per heavy atom. The van der Waals surface area contributed by atoms with Crippen LogP contribution in [0.15, 0.2) is 53.4 Å². The largest absolute Gasteiger partial charge is 0.504 e. The first-order valence-corrected chi connectivity index (χ1v) is 8.73. The first-order chi connectivity index (χ1) is 12.5. The lowest BCUT2D eigenvalue weighted by molar-refractivity contribution is -0.123. The van der Waals surface area contributed by atoms with Crippen LogP contribution in [0.4, 0.5) is 0 Å². The zero-order chi connectivity index (χ0) is 18.7. The number of thioether (sulfide) groups is 1. The zero-order valence-corrected chi connectivity index (χ0v) is 15.3. The Bertz CT molecular complexity index is 913. The van der Waals surface area contributed by atoms with Crippen LogP contribution in [0.3, 0.4) is 0 Å². The van der Waals surface area contributed by atoms with E-state index >= 15 is 0 Å². The van der Waals surface area contributed by atoms with Crippen LogP contribution in [0.5, 0.6) is 11.5 Å². The van der Waals surface area contributed by atoms with E-state index in [9.17, 15) is 14.7 Å². The number of nitrogens with one attached hydrogen (secondary N) is 1. The van der Waals surface area contributed by atoms with Gasteiger partial charge in [0.05, 0.1) is 12.0 Å². The van der Waals surface area contributed by atoms with Gasteiger partial charge in [-0.25, -0.2) is 0 Å². The molecule has 2 N–H and O–H groups in total. The van der Waals surface area contributed by atoms with Gasteiger partial charge in [0.1, 0.15) is 0 Å². The summed E-state index contributed by atoms with van der Waals surface area (Å²) in [6, 6.07) is 13.3. The van der Waals surface area contributed by atoms with Gasteiger partial charge in [0, 0.05) is 5.56 Å². The third-order valence-electron chi connectivity index (χ3n) is 3.54. The molecular formula is C18H14N2O4S2. The van der Waals surface area contributed by atoms with Gasteiger partial charge >= 0.3 is 0 Å². The van der Waals surface area contributed by atoms with E-state index in [1.165, 1.54) is 13.2 Å². The summed E-state index contributed by atoms with van der Waals surface area (Å²) in [5, 5.41) is 10.7. The number of ether oxygens (including phenoxy) is 1.